The predicted molar refractivity (Wildman–Crippen MR) is 413 cm³/mol. The summed E-state index contributed by atoms with van der Waals surface area (Å²) in [5, 5.41) is 78.2. The molecular weight excluding hydrogens is 1420 g/mol. The molecule has 4 aromatic heterocycles. The molecule has 0 fully saturated rings. The predicted octanol–water partition coefficient (Wildman–Crippen LogP) is 11.7. The summed E-state index contributed by atoms with van der Waals surface area (Å²) in [6.07, 6.45) is 0.777. The van der Waals surface area contributed by atoms with Crippen molar-refractivity contribution in [2.24, 2.45) is 0 Å². The first-order valence-corrected chi connectivity index (χ1v) is 33.8. The lowest BCUT2D eigenvalue weighted by molar-refractivity contribution is -0.115. The van der Waals surface area contributed by atoms with Crippen LogP contribution in [-0.2, 0) is 28.9 Å². The second-order valence-corrected chi connectivity index (χ2v) is 25.1. The van der Waals surface area contributed by atoms with Crippen LogP contribution in [-0.4, -0.2) is 110 Å². The van der Waals surface area contributed by atoms with Gasteiger partial charge in [0.2, 0.25) is 59.4 Å². The molecule has 2 aliphatic heterocycles. The van der Waals surface area contributed by atoms with Crippen molar-refractivity contribution in [1.29, 1.82) is 0 Å². The van der Waals surface area contributed by atoms with Crippen molar-refractivity contribution in [3.63, 3.8) is 0 Å². The quantitative estimate of drug-likeness (QED) is 0.0203. The molecule has 6 heterocycles. The van der Waals surface area contributed by atoms with Crippen LogP contribution < -0.4 is 64.5 Å². The summed E-state index contributed by atoms with van der Waals surface area (Å²) < 4.78 is 0. The van der Waals surface area contributed by atoms with Crippen LogP contribution in [0, 0.1) is 0 Å². The monoisotopic (exact) mass is 1480 g/mol. The van der Waals surface area contributed by atoms with Gasteiger partial charge in [-0.1, -0.05) is 54.6 Å². The Balaban J connectivity index is 0.000000133. The summed E-state index contributed by atoms with van der Waals surface area (Å²) in [6, 6.07) is 57.8. The first-order chi connectivity index (χ1) is 53.7. The molecule has 111 heavy (non-hydrogen) atoms. The van der Waals surface area contributed by atoms with Crippen molar-refractivity contribution in [2.75, 3.05) is 53.2 Å². The van der Waals surface area contributed by atoms with E-state index in [4.69, 9.17) is 0 Å². The Morgan fingerprint density at radius 3 is 1.28 bits per heavy atom. The first-order valence-electron chi connectivity index (χ1n) is 33.8. The van der Waals surface area contributed by atoms with Crippen LogP contribution in [0.25, 0.3) is 11.0 Å². The van der Waals surface area contributed by atoms with E-state index in [0.29, 0.717) is 91.6 Å². The fraction of sp³-hybridized carbons (Fsp3) is 0.0385. The molecule has 33 heteroatoms. The minimum atomic E-state index is -0.611. The molecule has 0 radical (unpaired) electrons. The molecule has 0 atom stereocenters. The summed E-state index contributed by atoms with van der Waals surface area (Å²) in [6.45, 7) is 0. The number of rotatable bonds is 19. The number of imidazole rings is 1. The second kappa shape index (κ2) is 30.4. The van der Waals surface area contributed by atoms with E-state index < -0.39 is 5.69 Å². The maximum Gasteiger partial charge on any atom is 0.351 e. The van der Waals surface area contributed by atoms with Gasteiger partial charge < -0.3 is 88.7 Å². The molecule has 0 spiro atoms. The van der Waals surface area contributed by atoms with E-state index in [1.54, 1.807) is 140 Å². The van der Waals surface area contributed by atoms with Crippen LogP contribution >= 0.6 is 0 Å². The second-order valence-electron chi connectivity index (χ2n) is 25.1. The molecule has 0 saturated heterocycles. The molecule has 14 aromatic rings. The van der Waals surface area contributed by atoms with E-state index in [0.717, 1.165) is 22.4 Å². The van der Waals surface area contributed by atoms with E-state index in [-0.39, 0.29) is 129 Å². The van der Waals surface area contributed by atoms with Gasteiger partial charge in [-0.05, 0) is 168 Å². The number of carbonyl (C=O) groups is 5. The highest BCUT2D eigenvalue weighted by Crippen LogP contribution is 2.35. The molecule has 17 rings (SSSR count). The van der Waals surface area contributed by atoms with Crippen LogP contribution in [0.5, 0.6) is 28.7 Å². The zero-order valence-electron chi connectivity index (χ0n) is 57.5. The maximum atomic E-state index is 13.1. The Kier molecular flexibility index (Phi) is 19.3. The minimum Gasteiger partial charge on any atom is -0.508 e. The highest BCUT2D eigenvalue weighted by Gasteiger charge is 2.30. The van der Waals surface area contributed by atoms with Gasteiger partial charge in [-0.25, -0.2) is 9.59 Å². The third kappa shape index (κ3) is 16.9. The van der Waals surface area contributed by atoms with Crippen LogP contribution in [0.15, 0.2) is 222 Å². The summed E-state index contributed by atoms with van der Waals surface area (Å²) in [5.74, 6) is 0.809. The average molecular weight is 1480 g/mol. The van der Waals surface area contributed by atoms with Gasteiger partial charge in [0.15, 0.2) is 17.3 Å². The SMILES string of the molecule is O=C(Cc1ccc(Nc2nc(Nc3ccc(O)cc3)[nH]c(=O)n2)cc1)c1ccc2c(c1)C(=O)c1ccccc1C2=O.O=C1Cc2ccc(Nc3nc(Nc4ccc(O)cc4)nc(Nc4ccc(O)cc4)n3)cc2N1.O=C1Cc2ccc(Nc3nc(Nc4ccc5[nH]c(=O)[nH]c5c4)nc(Nc4ccc(O)cc4O)n3)cc2N1. The molecular formula is C78H59N21O12. The van der Waals surface area contributed by atoms with Gasteiger partial charge in [-0.2, -0.15) is 39.9 Å². The number of phenolic OH excluding ortho intramolecular Hbond substituents is 5. The number of carbonyl (C=O) groups excluding carboxylic acids is 5. The third-order valence-corrected chi connectivity index (χ3v) is 17.1. The Morgan fingerprint density at radius 2 is 0.766 bits per heavy atom. The van der Waals surface area contributed by atoms with E-state index >= 15 is 0 Å². The van der Waals surface area contributed by atoms with E-state index in [1.807, 2.05) is 30.3 Å². The van der Waals surface area contributed by atoms with Crippen LogP contribution in [0.4, 0.5) is 104 Å². The third-order valence-electron chi connectivity index (χ3n) is 17.1. The van der Waals surface area contributed by atoms with E-state index in [9.17, 15) is 59.1 Å². The smallest absolute Gasteiger partial charge is 0.351 e. The molecule has 548 valence electrons. The Bertz CT molecular complexity index is 6070. The molecule has 2 amide bonds. The number of aromatic nitrogens is 11. The summed E-state index contributed by atoms with van der Waals surface area (Å²) in [7, 11) is 0. The number of benzene rings is 10. The van der Waals surface area contributed by atoms with Crippen molar-refractivity contribution in [1.82, 2.24) is 54.8 Å². The summed E-state index contributed by atoms with van der Waals surface area (Å²) >= 11 is 0. The summed E-state index contributed by atoms with van der Waals surface area (Å²) in [5.41, 5.74) is 10.7. The number of hydrogen-bond acceptors (Lipinski definition) is 28. The number of ketones is 3. The van der Waals surface area contributed by atoms with Gasteiger partial charge in [0.1, 0.15) is 28.7 Å². The number of aromatic amines is 3. The molecule has 0 bridgehead atoms. The molecule has 1 aliphatic carbocycles. The Labute approximate surface area is 625 Å². The van der Waals surface area contributed by atoms with E-state index in [1.165, 1.54) is 42.5 Å². The number of phenols is 5. The zero-order chi connectivity index (χ0) is 76.8. The molecule has 3 aliphatic rings. The number of fused-ring (bicyclic) bond motifs is 5. The Hall–Kier alpha value is -16.4. The van der Waals surface area contributed by atoms with Gasteiger partial charge in [0, 0.05) is 91.5 Å². The van der Waals surface area contributed by atoms with Crippen molar-refractivity contribution in [3.05, 3.63) is 278 Å². The number of Topliss-reactive ketones (excluding diaryl/α,β-unsaturated/α-hetero) is 1. The van der Waals surface area contributed by atoms with Gasteiger partial charge >= 0.3 is 11.4 Å². The fourth-order valence-corrected chi connectivity index (χ4v) is 11.8. The van der Waals surface area contributed by atoms with Crippen LogP contribution in [0.3, 0.4) is 0 Å². The highest BCUT2D eigenvalue weighted by atomic mass is 16.3. The van der Waals surface area contributed by atoms with Crippen molar-refractivity contribution >= 4 is 145 Å². The largest absolute Gasteiger partial charge is 0.508 e. The lowest BCUT2D eigenvalue weighted by Crippen LogP contribution is -2.21. The van der Waals surface area contributed by atoms with Crippen molar-refractivity contribution in [3.8, 4) is 28.7 Å². The van der Waals surface area contributed by atoms with Crippen molar-refractivity contribution < 1.29 is 49.5 Å². The first kappa shape index (κ1) is 70.3. The van der Waals surface area contributed by atoms with Gasteiger partial charge in [-0.15, -0.1) is 0 Å². The van der Waals surface area contributed by atoms with Crippen molar-refractivity contribution in [2.45, 2.75) is 19.3 Å². The molecule has 0 saturated carbocycles. The molecule has 0 unspecified atom stereocenters. The lowest BCUT2D eigenvalue weighted by atomic mass is 9.83. The molecule has 10 aromatic carbocycles. The lowest BCUT2D eigenvalue weighted by Gasteiger charge is -2.17. The number of amides is 2. The van der Waals surface area contributed by atoms with E-state index in [2.05, 4.69) is 108 Å². The standard InChI is InChI=1S/C31H21N5O5.C24H19N9O4.C23H19N7O3/c37-21-12-10-20(11-13-21)33-30-34-29(35-31(41)36-30)32-19-8-5-17(6-9-19)15-26(38)18-7-14-24-25(16-18)28(40)23-4-2-1-3-22(23)27(24)39;34-14-4-6-16(19(35)10-14)28-23-32-21(25-12-2-1-11-7-20(36)27-17(11)8-12)31-22(33-23)26-13-3-5-15-18(9-13)30-24(37)29-15;31-17-7-3-14(4-8-17)24-21-28-22(25-15-5-9-18(32)10-6-15)30-23(29-21)26-16-2-1-13-11-20(33)27-19(13)12-16/h1-14,16,37H,15H2,(H3,32,33,34,35,36,41);1-6,8-10,34-35H,7H2,(H,27,36)(H2,29,30,37)(H3,25,26,28,31,32,33);1-10,12,31-32H,11H2,(H,27,33)(H3,24,25,26,28,29,30). The minimum absolute atomic E-state index is 0.0388. The number of aromatic hydroxyl groups is 5. The Morgan fingerprint density at radius 1 is 0.351 bits per heavy atom. The average Bonchev–Trinajstić information content (AvgIpc) is 0.974. The van der Waals surface area contributed by atoms with Gasteiger partial charge in [-0.3, -0.25) is 29.0 Å². The normalized spacial score (nSPS) is 12.1. The van der Waals surface area contributed by atoms with Gasteiger partial charge in [0.05, 0.1) is 29.6 Å². The highest BCUT2D eigenvalue weighted by molar-refractivity contribution is 6.29. The number of anilines is 18. The maximum absolute atomic E-state index is 13.1. The van der Waals surface area contributed by atoms with Gasteiger partial charge in [0.25, 0.3) is 0 Å². The number of hydrogen-bond donors (Lipinski definition) is 18. The molecule has 18 N–H and O–H groups in total. The number of nitrogens with zero attached hydrogens (tertiary/aromatic N) is 8. The number of nitrogens with one attached hydrogen (secondary N) is 13. The zero-order valence-corrected chi connectivity index (χ0v) is 57.5. The number of H-pyrrole nitrogens is 3. The molecule has 33 nitrogen and oxygen atoms in total. The fourth-order valence-electron chi connectivity index (χ4n) is 11.8. The van der Waals surface area contributed by atoms with Crippen LogP contribution in [0.1, 0.15) is 58.9 Å². The summed E-state index contributed by atoms with van der Waals surface area (Å²) in [4.78, 5) is 128. The topological polar surface area (TPSA) is 491 Å². The van der Waals surface area contributed by atoms with Crippen LogP contribution in [0.2, 0.25) is 0 Å².